The molecule has 0 saturated heterocycles. The Kier molecular flexibility index (Phi) is 2.70. The van der Waals surface area contributed by atoms with Gasteiger partial charge in [-0.3, -0.25) is 4.99 Å². The molecule has 1 aromatic rings. The lowest BCUT2D eigenvalue weighted by atomic mass is 10.1. The van der Waals surface area contributed by atoms with Crippen molar-refractivity contribution in [3.8, 4) is 0 Å². The number of alkyl halides is 3. The van der Waals surface area contributed by atoms with Crippen LogP contribution in [-0.4, -0.2) is 13.3 Å². The Morgan fingerprint density at radius 3 is 2.08 bits per heavy atom. The van der Waals surface area contributed by atoms with Crippen molar-refractivity contribution in [1.82, 2.24) is 0 Å². The minimum Gasteiger partial charge on any atom is -0.296 e. The topological polar surface area (TPSA) is 12.4 Å². The Hall–Kier alpha value is -1.32. The maximum absolute atomic E-state index is 12.1. The van der Waals surface area contributed by atoms with Crippen molar-refractivity contribution in [2.75, 3.05) is 7.05 Å². The summed E-state index contributed by atoms with van der Waals surface area (Å²) in [6, 6.07) is 4.85. The highest BCUT2D eigenvalue weighted by Gasteiger charge is 2.29. The lowest BCUT2D eigenvalue weighted by Crippen LogP contribution is -2.04. The predicted octanol–water partition coefficient (Wildman–Crippen LogP) is 2.75. The first-order valence-corrected chi connectivity index (χ1v) is 3.63. The predicted molar refractivity (Wildman–Crippen MR) is 45.0 cm³/mol. The van der Waals surface area contributed by atoms with Gasteiger partial charge in [0.1, 0.15) is 0 Å². The lowest BCUT2D eigenvalue weighted by molar-refractivity contribution is -0.137. The van der Waals surface area contributed by atoms with E-state index in [-0.39, 0.29) is 0 Å². The summed E-state index contributed by atoms with van der Waals surface area (Å²) in [5.74, 6) is 0. The van der Waals surface area contributed by atoms with Gasteiger partial charge in [0.2, 0.25) is 0 Å². The van der Waals surface area contributed by atoms with Crippen LogP contribution >= 0.6 is 0 Å². The fourth-order valence-electron chi connectivity index (χ4n) is 0.907. The first-order chi connectivity index (χ1) is 6.04. The van der Waals surface area contributed by atoms with E-state index in [0.29, 0.717) is 5.56 Å². The normalized spacial score (nSPS) is 12.3. The summed E-state index contributed by atoms with van der Waals surface area (Å²) in [4.78, 5) is 3.69. The molecule has 0 bridgehead atoms. The minimum absolute atomic E-state index is 0.638. The maximum Gasteiger partial charge on any atom is 0.416 e. The van der Waals surface area contributed by atoms with Crippen LogP contribution in [0.2, 0.25) is 0 Å². The number of benzene rings is 1. The highest BCUT2D eigenvalue weighted by atomic mass is 19.4. The molecule has 0 aliphatic rings. The quantitative estimate of drug-likeness (QED) is 0.599. The van der Waals surface area contributed by atoms with E-state index in [9.17, 15) is 13.2 Å². The molecule has 1 aromatic carbocycles. The maximum atomic E-state index is 12.1. The summed E-state index contributed by atoms with van der Waals surface area (Å²) >= 11 is 0. The van der Waals surface area contributed by atoms with Gasteiger partial charge in [-0.15, -0.1) is 0 Å². The largest absolute Gasteiger partial charge is 0.416 e. The zero-order chi connectivity index (χ0) is 9.90. The third-order valence-electron chi connectivity index (χ3n) is 1.52. The van der Waals surface area contributed by atoms with Crippen molar-refractivity contribution in [3.05, 3.63) is 35.4 Å². The molecule has 0 heterocycles. The molecule has 70 valence electrons. The molecule has 1 rings (SSSR count). The van der Waals surface area contributed by atoms with E-state index in [1.165, 1.54) is 18.3 Å². The van der Waals surface area contributed by atoms with Gasteiger partial charge in [0, 0.05) is 13.3 Å². The lowest BCUT2D eigenvalue weighted by Gasteiger charge is -2.05. The van der Waals surface area contributed by atoms with E-state index < -0.39 is 11.7 Å². The standard InChI is InChI=1S/C9H8F3N/c1-13-6-7-2-4-8(5-3-7)9(10,11)12/h2-6H,1H3. The van der Waals surface area contributed by atoms with E-state index in [1.54, 1.807) is 7.05 Å². The van der Waals surface area contributed by atoms with Gasteiger partial charge < -0.3 is 0 Å². The number of rotatable bonds is 1. The molecule has 0 aliphatic carbocycles. The van der Waals surface area contributed by atoms with Crippen LogP contribution in [0.1, 0.15) is 11.1 Å². The van der Waals surface area contributed by atoms with Crippen LogP contribution in [0.15, 0.2) is 29.3 Å². The van der Waals surface area contributed by atoms with Gasteiger partial charge in [0.05, 0.1) is 5.56 Å². The highest BCUT2D eigenvalue weighted by Crippen LogP contribution is 2.28. The molecular formula is C9H8F3N. The monoisotopic (exact) mass is 187 g/mol. The Balaban J connectivity index is 2.94. The first-order valence-electron chi connectivity index (χ1n) is 3.63. The molecular weight excluding hydrogens is 179 g/mol. The number of halogens is 3. The van der Waals surface area contributed by atoms with Crippen molar-refractivity contribution in [3.63, 3.8) is 0 Å². The average molecular weight is 187 g/mol. The molecule has 0 radical (unpaired) electrons. The number of hydrogen-bond donors (Lipinski definition) is 0. The van der Waals surface area contributed by atoms with Crippen LogP contribution in [0.4, 0.5) is 13.2 Å². The minimum atomic E-state index is -4.26. The van der Waals surface area contributed by atoms with Crippen molar-refractivity contribution < 1.29 is 13.2 Å². The molecule has 0 spiro atoms. The van der Waals surface area contributed by atoms with Crippen molar-refractivity contribution in [2.45, 2.75) is 6.18 Å². The van der Waals surface area contributed by atoms with E-state index in [1.807, 2.05) is 0 Å². The summed E-state index contributed by atoms with van der Waals surface area (Å²) in [5.41, 5.74) is 0.0243. The molecule has 0 atom stereocenters. The summed E-state index contributed by atoms with van der Waals surface area (Å²) < 4.78 is 36.2. The Labute approximate surface area is 73.9 Å². The first kappa shape index (κ1) is 9.77. The molecule has 0 aliphatic heterocycles. The van der Waals surface area contributed by atoms with Crippen molar-refractivity contribution >= 4 is 6.21 Å². The number of aliphatic imine (C=N–C) groups is 1. The van der Waals surface area contributed by atoms with Gasteiger partial charge >= 0.3 is 6.18 Å². The molecule has 0 fully saturated rings. The zero-order valence-corrected chi connectivity index (χ0v) is 6.97. The van der Waals surface area contributed by atoms with Gasteiger partial charge in [0.15, 0.2) is 0 Å². The summed E-state index contributed by atoms with van der Waals surface area (Å²) in [7, 11) is 1.57. The Morgan fingerprint density at radius 1 is 1.15 bits per heavy atom. The van der Waals surface area contributed by atoms with Crippen LogP contribution in [-0.2, 0) is 6.18 Å². The second-order valence-corrected chi connectivity index (χ2v) is 2.51. The molecule has 1 nitrogen and oxygen atoms in total. The Morgan fingerprint density at radius 2 is 1.69 bits per heavy atom. The van der Waals surface area contributed by atoms with Gasteiger partial charge in [-0.1, -0.05) is 12.1 Å². The average Bonchev–Trinajstić information content (AvgIpc) is 2.04. The van der Waals surface area contributed by atoms with Crippen molar-refractivity contribution in [2.24, 2.45) is 4.99 Å². The number of nitrogens with zero attached hydrogens (tertiary/aromatic N) is 1. The third-order valence-corrected chi connectivity index (χ3v) is 1.52. The summed E-state index contributed by atoms with van der Waals surface area (Å²) in [5, 5.41) is 0. The molecule has 0 unspecified atom stereocenters. The van der Waals surface area contributed by atoms with E-state index in [4.69, 9.17) is 0 Å². The fourth-order valence-corrected chi connectivity index (χ4v) is 0.907. The van der Waals surface area contributed by atoms with Crippen LogP contribution < -0.4 is 0 Å². The molecule has 0 N–H and O–H groups in total. The van der Waals surface area contributed by atoms with Crippen LogP contribution in [0, 0.1) is 0 Å². The highest BCUT2D eigenvalue weighted by molar-refractivity contribution is 5.79. The molecule has 0 amide bonds. The fraction of sp³-hybridized carbons (Fsp3) is 0.222. The van der Waals surface area contributed by atoms with E-state index in [2.05, 4.69) is 4.99 Å². The SMILES string of the molecule is CN=Cc1ccc(C(F)(F)F)cc1. The van der Waals surface area contributed by atoms with Crippen LogP contribution in [0.5, 0.6) is 0 Å². The zero-order valence-electron chi connectivity index (χ0n) is 6.97. The summed E-state index contributed by atoms with van der Waals surface area (Å²) in [6.45, 7) is 0. The van der Waals surface area contributed by atoms with Crippen LogP contribution in [0.25, 0.3) is 0 Å². The molecule has 4 heteroatoms. The molecule has 0 saturated carbocycles. The van der Waals surface area contributed by atoms with Gasteiger partial charge in [-0.2, -0.15) is 13.2 Å². The van der Waals surface area contributed by atoms with Gasteiger partial charge in [-0.05, 0) is 17.7 Å². The third kappa shape index (κ3) is 2.57. The van der Waals surface area contributed by atoms with Crippen molar-refractivity contribution in [1.29, 1.82) is 0 Å². The van der Waals surface area contributed by atoms with Gasteiger partial charge in [-0.25, -0.2) is 0 Å². The summed E-state index contributed by atoms with van der Waals surface area (Å²) in [6.07, 6.45) is -2.76. The number of hydrogen-bond acceptors (Lipinski definition) is 1. The van der Waals surface area contributed by atoms with E-state index >= 15 is 0 Å². The van der Waals surface area contributed by atoms with Gasteiger partial charge in [0.25, 0.3) is 0 Å². The van der Waals surface area contributed by atoms with E-state index in [0.717, 1.165) is 12.1 Å². The van der Waals surface area contributed by atoms with Crippen LogP contribution in [0.3, 0.4) is 0 Å². The second-order valence-electron chi connectivity index (χ2n) is 2.51. The smallest absolute Gasteiger partial charge is 0.296 e. The molecule has 13 heavy (non-hydrogen) atoms. The Bertz CT molecular complexity index is 298. The second kappa shape index (κ2) is 3.60. The molecule has 0 aromatic heterocycles.